The summed E-state index contributed by atoms with van der Waals surface area (Å²) in [6.45, 7) is 3.50. The van der Waals surface area contributed by atoms with Crippen molar-refractivity contribution in [3.63, 3.8) is 0 Å². The second kappa shape index (κ2) is 7.94. The van der Waals surface area contributed by atoms with Crippen LogP contribution in [-0.2, 0) is 6.42 Å². The lowest BCUT2D eigenvalue weighted by Gasteiger charge is -2.36. The van der Waals surface area contributed by atoms with Crippen molar-refractivity contribution in [3.05, 3.63) is 78.4 Å². The molecule has 0 unspecified atom stereocenters. The molecule has 1 fully saturated rings. The molecule has 150 valence electrons. The highest BCUT2D eigenvalue weighted by molar-refractivity contribution is 5.93. The van der Waals surface area contributed by atoms with Gasteiger partial charge in [0.2, 0.25) is 0 Å². The minimum absolute atomic E-state index is 0.686. The number of pyridine rings is 2. The van der Waals surface area contributed by atoms with E-state index in [-0.39, 0.29) is 0 Å². The average molecular weight is 397 g/mol. The second-order valence-electron chi connectivity index (χ2n) is 7.47. The Kier molecular flexibility index (Phi) is 4.85. The number of hydrogen-bond donors (Lipinski definition) is 1. The Hall–Kier alpha value is -3.74. The minimum Gasteiger partial charge on any atom is -0.397 e. The summed E-state index contributed by atoms with van der Waals surface area (Å²) < 4.78 is 0. The number of fused-ring (bicyclic) bond motifs is 1. The summed E-state index contributed by atoms with van der Waals surface area (Å²) in [5.74, 6) is 1.92. The molecule has 4 heterocycles. The van der Waals surface area contributed by atoms with E-state index in [9.17, 15) is 0 Å². The fourth-order valence-electron chi connectivity index (χ4n) is 3.94. The topological polar surface area (TPSA) is 84.1 Å². The van der Waals surface area contributed by atoms with E-state index in [0.717, 1.165) is 60.7 Å². The molecule has 1 aliphatic heterocycles. The monoisotopic (exact) mass is 397 g/mol. The van der Waals surface area contributed by atoms with Gasteiger partial charge in [-0.25, -0.2) is 4.98 Å². The summed E-state index contributed by atoms with van der Waals surface area (Å²) in [6, 6.07) is 16.3. The molecule has 0 spiro atoms. The molecule has 1 saturated heterocycles. The van der Waals surface area contributed by atoms with Gasteiger partial charge < -0.3 is 15.5 Å². The molecule has 0 bridgehead atoms. The van der Waals surface area contributed by atoms with Gasteiger partial charge in [0.05, 0.1) is 17.6 Å². The van der Waals surface area contributed by atoms with Crippen molar-refractivity contribution in [2.24, 2.45) is 0 Å². The average Bonchev–Trinajstić information content (AvgIpc) is 2.81. The van der Waals surface area contributed by atoms with Gasteiger partial charge in [-0.05, 0) is 29.8 Å². The number of piperazine rings is 1. The van der Waals surface area contributed by atoms with Crippen molar-refractivity contribution in [3.8, 4) is 0 Å². The van der Waals surface area contributed by atoms with E-state index >= 15 is 0 Å². The Morgan fingerprint density at radius 3 is 2.27 bits per heavy atom. The summed E-state index contributed by atoms with van der Waals surface area (Å²) in [4.78, 5) is 13.2. The quantitative estimate of drug-likeness (QED) is 0.567. The molecule has 0 saturated carbocycles. The maximum Gasteiger partial charge on any atom is 0.159 e. The predicted molar refractivity (Wildman–Crippen MR) is 120 cm³/mol. The molecule has 3 aromatic heterocycles. The molecule has 30 heavy (non-hydrogen) atoms. The Bertz CT molecular complexity index is 1140. The van der Waals surface area contributed by atoms with Crippen LogP contribution in [0, 0.1) is 0 Å². The molecule has 7 nitrogen and oxygen atoms in total. The van der Waals surface area contributed by atoms with Crippen LogP contribution < -0.4 is 15.5 Å². The minimum atomic E-state index is 0.686. The van der Waals surface area contributed by atoms with Crippen molar-refractivity contribution in [2.75, 3.05) is 41.7 Å². The van der Waals surface area contributed by atoms with Crippen LogP contribution in [0.3, 0.4) is 0 Å². The van der Waals surface area contributed by atoms with Gasteiger partial charge in [0.15, 0.2) is 5.82 Å². The van der Waals surface area contributed by atoms with Crippen LogP contribution in [-0.4, -0.2) is 46.3 Å². The largest absolute Gasteiger partial charge is 0.397 e. The number of hydrogen-bond acceptors (Lipinski definition) is 7. The fraction of sp³-hybridized carbons (Fsp3) is 0.217. The number of rotatable bonds is 4. The molecule has 0 amide bonds. The standard InChI is InChI=1S/C23H23N7/c24-18-5-6-22(26-16-18)29-11-13-30(14-12-29)23-20-4-2-1-3-19(20)21(27-28-23)15-17-7-9-25-10-8-17/h1-10,16H,11-15,24H2. The lowest BCUT2D eigenvalue weighted by Crippen LogP contribution is -2.47. The van der Waals surface area contributed by atoms with Gasteiger partial charge in [-0.3, -0.25) is 4.98 Å². The lowest BCUT2D eigenvalue weighted by molar-refractivity contribution is 0.639. The Labute approximate surface area is 175 Å². The van der Waals surface area contributed by atoms with Gasteiger partial charge in [0.25, 0.3) is 0 Å². The Morgan fingerprint density at radius 2 is 1.53 bits per heavy atom. The molecule has 1 aromatic carbocycles. The number of benzene rings is 1. The van der Waals surface area contributed by atoms with Crippen LogP contribution in [0.25, 0.3) is 10.8 Å². The van der Waals surface area contributed by atoms with Gasteiger partial charge in [0, 0.05) is 55.8 Å². The van der Waals surface area contributed by atoms with Crippen molar-refractivity contribution in [1.82, 2.24) is 20.2 Å². The van der Waals surface area contributed by atoms with E-state index < -0.39 is 0 Å². The van der Waals surface area contributed by atoms with Crippen LogP contribution in [0.15, 0.2) is 67.1 Å². The first-order chi connectivity index (χ1) is 14.8. The highest BCUT2D eigenvalue weighted by atomic mass is 15.3. The van der Waals surface area contributed by atoms with Crippen molar-refractivity contribution in [2.45, 2.75) is 6.42 Å². The molecule has 2 N–H and O–H groups in total. The molecule has 4 aromatic rings. The number of nitrogens with two attached hydrogens (primary N) is 1. The molecular formula is C23H23N7. The smallest absolute Gasteiger partial charge is 0.159 e. The van der Waals surface area contributed by atoms with Crippen molar-refractivity contribution < 1.29 is 0 Å². The maximum absolute atomic E-state index is 5.76. The zero-order chi connectivity index (χ0) is 20.3. The van der Waals surface area contributed by atoms with Crippen LogP contribution in [0.4, 0.5) is 17.3 Å². The van der Waals surface area contributed by atoms with Crippen LogP contribution in [0.2, 0.25) is 0 Å². The molecule has 5 rings (SSSR count). The number of nitrogens with zero attached hydrogens (tertiary/aromatic N) is 6. The van der Waals surface area contributed by atoms with E-state index in [1.807, 2.05) is 36.7 Å². The zero-order valence-corrected chi connectivity index (χ0v) is 16.6. The summed E-state index contributed by atoms with van der Waals surface area (Å²) in [5, 5.41) is 11.6. The fourth-order valence-corrected chi connectivity index (χ4v) is 3.94. The molecular weight excluding hydrogens is 374 g/mol. The van der Waals surface area contributed by atoms with Crippen LogP contribution in [0.1, 0.15) is 11.3 Å². The highest BCUT2D eigenvalue weighted by Crippen LogP contribution is 2.28. The Morgan fingerprint density at radius 1 is 0.800 bits per heavy atom. The van der Waals surface area contributed by atoms with Crippen molar-refractivity contribution >= 4 is 28.1 Å². The van der Waals surface area contributed by atoms with Gasteiger partial charge in [-0.2, -0.15) is 5.10 Å². The Balaban J connectivity index is 1.39. The third-order valence-electron chi connectivity index (χ3n) is 5.54. The van der Waals surface area contributed by atoms with Gasteiger partial charge in [0.1, 0.15) is 5.82 Å². The van der Waals surface area contributed by atoms with E-state index in [4.69, 9.17) is 5.73 Å². The highest BCUT2D eigenvalue weighted by Gasteiger charge is 2.22. The number of nitrogen functional groups attached to an aromatic ring is 1. The third-order valence-corrected chi connectivity index (χ3v) is 5.54. The van der Waals surface area contributed by atoms with E-state index in [0.29, 0.717) is 5.69 Å². The molecule has 7 heteroatoms. The van der Waals surface area contributed by atoms with E-state index in [1.165, 1.54) is 5.56 Å². The first-order valence-electron chi connectivity index (χ1n) is 10.1. The predicted octanol–water partition coefficient (Wildman–Crippen LogP) is 2.92. The summed E-state index contributed by atoms with van der Waals surface area (Å²) in [5.41, 5.74) is 8.62. The normalized spacial score (nSPS) is 14.3. The maximum atomic E-state index is 5.76. The van der Waals surface area contributed by atoms with Gasteiger partial charge in [-0.15, -0.1) is 5.10 Å². The third kappa shape index (κ3) is 3.61. The van der Waals surface area contributed by atoms with E-state index in [1.54, 1.807) is 6.20 Å². The number of anilines is 3. The first kappa shape index (κ1) is 18.3. The molecule has 0 radical (unpaired) electrons. The summed E-state index contributed by atoms with van der Waals surface area (Å²) >= 11 is 0. The first-order valence-corrected chi connectivity index (χ1v) is 10.1. The van der Waals surface area contributed by atoms with Crippen molar-refractivity contribution in [1.29, 1.82) is 0 Å². The molecule has 1 aliphatic rings. The summed E-state index contributed by atoms with van der Waals surface area (Å²) in [6.07, 6.45) is 6.08. The lowest BCUT2D eigenvalue weighted by atomic mass is 10.0. The van der Waals surface area contributed by atoms with E-state index in [2.05, 4.69) is 54.2 Å². The molecule has 0 atom stereocenters. The SMILES string of the molecule is Nc1ccc(N2CCN(c3nnc(Cc4ccncc4)c4ccccc34)CC2)nc1. The van der Waals surface area contributed by atoms with Crippen LogP contribution in [0.5, 0.6) is 0 Å². The summed E-state index contributed by atoms with van der Waals surface area (Å²) in [7, 11) is 0. The number of aromatic nitrogens is 4. The zero-order valence-electron chi connectivity index (χ0n) is 16.6. The van der Waals surface area contributed by atoms with Gasteiger partial charge >= 0.3 is 0 Å². The van der Waals surface area contributed by atoms with Crippen LogP contribution >= 0.6 is 0 Å². The molecule has 0 aliphatic carbocycles. The van der Waals surface area contributed by atoms with Gasteiger partial charge in [-0.1, -0.05) is 24.3 Å². The second-order valence-corrected chi connectivity index (χ2v) is 7.47.